The Morgan fingerprint density at radius 3 is 2.64 bits per heavy atom. The van der Waals surface area contributed by atoms with Crippen LogP contribution in [-0.4, -0.2) is 16.1 Å². The molecule has 0 unspecified atom stereocenters. The van der Waals surface area contributed by atoms with Crippen LogP contribution in [0.3, 0.4) is 0 Å². The molecule has 3 rings (SSSR count). The van der Waals surface area contributed by atoms with E-state index in [1.54, 1.807) is 17.4 Å². The number of ether oxygens (including phenoxy) is 1. The highest BCUT2D eigenvalue weighted by Crippen LogP contribution is 2.24. The van der Waals surface area contributed by atoms with Gasteiger partial charge >= 0.3 is 5.97 Å². The van der Waals surface area contributed by atoms with Gasteiger partial charge in [0.15, 0.2) is 0 Å². The van der Waals surface area contributed by atoms with E-state index in [0.29, 0.717) is 11.5 Å². The minimum atomic E-state index is -1.09. The van der Waals surface area contributed by atoms with Crippen molar-refractivity contribution in [1.29, 1.82) is 0 Å². The normalized spacial score (nSPS) is 10.6. The first kappa shape index (κ1) is 14.3. The van der Waals surface area contributed by atoms with Gasteiger partial charge in [0.1, 0.15) is 18.1 Å². The number of benzene rings is 1. The second-order valence-corrected chi connectivity index (χ2v) is 5.70. The number of aryl methyl sites for hydroxylation is 1. The quantitative estimate of drug-likeness (QED) is 0.770. The average Bonchev–Trinajstić information content (AvgIpc) is 3.15. The minimum Gasteiger partial charge on any atom is -0.486 e. The number of rotatable bonds is 5. The molecule has 0 saturated heterocycles. The molecule has 22 heavy (non-hydrogen) atoms. The summed E-state index contributed by atoms with van der Waals surface area (Å²) in [6.07, 6.45) is 0. The van der Waals surface area contributed by atoms with Crippen LogP contribution in [0.4, 0.5) is 0 Å². The van der Waals surface area contributed by atoms with Gasteiger partial charge in [0.25, 0.3) is 0 Å². The van der Waals surface area contributed by atoms with E-state index >= 15 is 0 Å². The van der Waals surface area contributed by atoms with Gasteiger partial charge in [-0.15, -0.1) is 11.3 Å². The smallest absolute Gasteiger partial charge is 0.371 e. The minimum absolute atomic E-state index is 0.0900. The topological polar surface area (TPSA) is 72.6 Å². The fraction of sp³-hybridized carbons (Fsp3) is 0.125. The number of hydrogen-bond donors (Lipinski definition) is 1. The standard InChI is InChI=1S/C16H13NO4S/c1-10-17-14(9-22-10)11-2-4-12(5-3-11)20-8-13-6-7-15(21-13)16(18)19/h2-7,9H,8H2,1H3,(H,18,19). The van der Waals surface area contributed by atoms with Gasteiger partial charge in [0, 0.05) is 10.9 Å². The molecular weight excluding hydrogens is 302 g/mol. The zero-order valence-corrected chi connectivity index (χ0v) is 12.6. The summed E-state index contributed by atoms with van der Waals surface area (Å²) in [6.45, 7) is 2.16. The van der Waals surface area contributed by atoms with Crippen LogP contribution < -0.4 is 4.74 Å². The summed E-state index contributed by atoms with van der Waals surface area (Å²) in [5.41, 5.74) is 1.98. The first-order valence-corrected chi connectivity index (χ1v) is 7.47. The molecule has 0 bridgehead atoms. The predicted molar refractivity (Wildman–Crippen MR) is 82.3 cm³/mol. The molecule has 0 saturated carbocycles. The maximum atomic E-state index is 10.7. The maximum Gasteiger partial charge on any atom is 0.371 e. The van der Waals surface area contributed by atoms with Gasteiger partial charge in [0.2, 0.25) is 5.76 Å². The van der Waals surface area contributed by atoms with Gasteiger partial charge in [-0.25, -0.2) is 9.78 Å². The Labute approximate surface area is 130 Å². The first-order valence-electron chi connectivity index (χ1n) is 6.59. The number of aromatic carboxylic acids is 1. The molecule has 6 heteroatoms. The van der Waals surface area contributed by atoms with Crippen LogP contribution in [0.5, 0.6) is 5.75 Å². The molecule has 2 aromatic heterocycles. The Kier molecular flexibility index (Phi) is 3.93. The highest BCUT2D eigenvalue weighted by atomic mass is 32.1. The SMILES string of the molecule is Cc1nc(-c2ccc(OCc3ccc(C(=O)O)o3)cc2)cs1. The molecule has 1 aromatic carbocycles. The number of hydrogen-bond acceptors (Lipinski definition) is 5. The number of carbonyl (C=O) groups is 1. The van der Waals surface area contributed by atoms with Gasteiger partial charge in [-0.2, -0.15) is 0 Å². The zero-order chi connectivity index (χ0) is 15.5. The van der Waals surface area contributed by atoms with Crippen molar-refractivity contribution in [2.24, 2.45) is 0 Å². The summed E-state index contributed by atoms with van der Waals surface area (Å²) in [6, 6.07) is 10.6. The van der Waals surface area contributed by atoms with Crippen LogP contribution in [0.2, 0.25) is 0 Å². The van der Waals surface area contributed by atoms with E-state index in [-0.39, 0.29) is 12.4 Å². The van der Waals surface area contributed by atoms with Crippen molar-refractivity contribution in [2.45, 2.75) is 13.5 Å². The second-order valence-electron chi connectivity index (χ2n) is 4.64. The summed E-state index contributed by atoms with van der Waals surface area (Å²) < 4.78 is 10.7. The van der Waals surface area contributed by atoms with Gasteiger partial charge in [-0.05, 0) is 43.3 Å². The lowest BCUT2D eigenvalue weighted by atomic mass is 10.2. The summed E-state index contributed by atoms with van der Waals surface area (Å²) in [4.78, 5) is 15.2. The molecule has 5 nitrogen and oxygen atoms in total. The number of thiazole rings is 1. The van der Waals surface area contributed by atoms with Crippen LogP contribution in [0.15, 0.2) is 46.2 Å². The lowest BCUT2D eigenvalue weighted by molar-refractivity contribution is 0.0658. The summed E-state index contributed by atoms with van der Waals surface area (Å²) in [5, 5.41) is 11.8. The van der Waals surface area contributed by atoms with Crippen LogP contribution in [-0.2, 0) is 6.61 Å². The molecule has 0 amide bonds. The number of furan rings is 1. The monoisotopic (exact) mass is 315 g/mol. The van der Waals surface area contributed by atoms with Crippen molar-refractivity contribution in [3.05, 3.63) is 58.3 Å². The van der Waals surface area contributed by atoms with Gasteiger partial charge in [-0.3, -0.25) is 0 Å². The molecule has 0 fully saturated rings. The highest BCUT2D eigenvalue weighted by Gasteiger charge is 2.09. The predicted octanol–water partition coefficient (Wildman–Crippen LogP) is 3.99. The Morgan fingerprint density at radius 2 is 2.05 bits per heavy atom. The third kappa shape index (κ3) is 3.17. The van der Waals surface area contributed by atoms with Crippen LogP contribution in [0.1, 0.15) is 21.3 Å². The van der Waals surface area contributed by atoms with Gasteiger partial charge < -0.3 is 14.3 Å². The zero-order valence-electron chi connectivity index (χ0n) is 11.8. The van der Waals surface area contributed by atoms with Crippen LogP contribution in [0.25, 0.3) is 11.3 Å². The molecule has 3 aromatic rings. The first-order chi connectivity index (χ1) is 10.6. The van der Waals surface area contributed by atoms with Crippen LogP contribution in [0, 0.1) is 6.92 Å². The van der Waals surface area contributed by atoms with E-state index in [2.05, 4.69) is 4.98 Å². The fourth-order valence-electron chi connectivity index (χ4n) is 1.94. The molecule has 0 radical (unpaired) electrons. The summed E-state index contributed by atoms with van der Waals surface area (Å²) >= 11 is 1.61. The Morgan fingerprint density at radius 1 is 1.27 bits per heavy atom. The lowest BCUT2D eigenvalue weighted by Gasteiger charge is -2.05. The number of nitrogens with zero attached hydrogens (tertiary/aromatic N) is 1. The average molecular weight is 315 g/mol. The number of carboxylic acids is 1. The fourth-order valence-corrected chi connectivity index (χ4v) is 2.56. The van der Waals surface area contributed by atoms with E-state index in [0.717, 1.165) is 16.3 Å². The van der Waals surface area contributed by atoms with Crippen molar-refractivity contribution < 1.29 is 19.1 Å². The van der Waals surface area contributed by atoms with Crippen molar-refractivity contribution in [3.8, 4) is 17.0 Å². The van der Waals surface area contributed by atoms with Crippen molar-refractivity contribution in [2.75, 3.05) is 0 Å². The summed E-state index contributed by atoms with van der Waals surface area (Å²) in [5.74, 6) is -0.0254. The molecule has 0 atom stereocenters. The molecule has 0 aliphatic heterocycles. The Balaban J connectivity index is 1.64. The number of carboxylic acid groups (broad SMARTS) is 1. The van der Waals surface area contributed by atoms with E-state index in [4.69, 9.17) is 14.3 Å². The van der Waals surface area contributed by atoms with E-state index in [9.17, 15) is 4.79 Å². The van der Waals surface area contributed by atoms with E-state index < -0.39 is 5.97 Å². The molecular formula is C16H13NO4S. The third-order valence-corrected chi connectivity index (χ3v) is 3.80. The van der Waals surface area contributed by atoms with Crippen molar-refractivity contribution in [1.82, 2.24) is 4.98 Å². The third-order valence-electron chi connectivity index (χ3n) is 3.02. The van der Waals surface area contributed by atoms with E-state index in [1.165, 1.54) is 6.07 Å². The molecule has 2 heterocycles. The molecule has 0 spiro atoms. The maximum absolute atomic E-state index is 10.7. The van der Waals surface area contributed by atoms with Crippen molar-refractivity contribution >= 4 is 17.3 Å². The highest BCUT2D eigenvalue weighted by molar-refractivity contribution is 7.09. The lowest BCUT2D eigenvalue weighted by Crippen LogP contribution is -1.95. The largest absolute Gasteiger partial charge is 0.486 e. The Hall–Kier alpha value is -2.60. The molecule has 0 aliphatic rings. The van der Waals surface area contributed by atoms with Gasteiger partial charge in [-0.1, -0.05) is 0 Å². The molecule has 1 N–H and O–H groups in total. The van der Waals surface area contributed by atoms with Crippen LogP contribution >= 0.6 is 11.3 Å². The van der Waals surface area contributed by atoms with Gasteiger partial charge in [0.05, 0.1) is 10.7 Å². The van der Waals surface area contributed by atoms with E-state index in [1.807, 2.05) is 36.6 Å². The summed E-state index contributed by atoms with van der Waals surface area (Å²) in [7, 11) is 0. The number of aromatic nitrogens is 1. The molecule has 0 aliphatic carbocycles. The van der Waals surface area contributed by atoms with Crippen molar-refractivity contribution in [3.63, 3.8) is 0 Å². The second kappa shape index (κ2) is 6.03. The Bertz CT molecular complexity index is 789. The molecule has 112 valence electrons.